The first-order chi connectivity index (χ1) is 9.58. The molecule has 2 rings (SSSR count). The number of ether oxygens (including phenoxy) is 2. The fourth-order valence-corrected chi connectivity index (χ4v) is 1.95. The molecule has 0 bridgehead atoms. The summed E-state index contributed by atoms with van der Waals surface area (Å²) in [6.45, 7) is 3.25. The Morgan fingerprint density at radius 2 is 2.05 bits per heavy atom. The maximum atomic E-state index is 13.1. The Morgan fingerprint density at radius 3 is 2.70 bits per heavy atom. The minimum atomic E-state index is -0.512. The highest BCUT2D eigenvalue weighted by molar-refractivity contribution is 5.96. The van der Waals surface area contributed by atoms with Crippen molar-refractivity contribution in [2.75, 3.05) is 32.9 Å². The third-order valence-electron chi connectivity index (χ3n) is 3.04. The number of Topliss-reactive ketones (excluding diaryl/α,β-unsaturated/α-hetero) is 1. The smallest absolute Gasteiger partial charge is 0.260 e. The Kier molecular flexibility index (Phi) is 4.68. The van der Waals surface area contributed by atoms with Gasteiger partial charge in [-0.15, -0.1) is 0 Å². The molecule has 1 aliphatic rings. The van der Waals surface area contributed by atoms with Gasteiger partial charge in [-0.3, -0.25) is 9.59 Å². The molecule has 1 saturated heterocycles. The molecular formula is C14H16FNO4. The zero-order chi connectivity index (χ0) is 14.5. The molecule has 1 aliphatic heterocycles. The van der Waals surface area contributed by atoms with Gasteiger partial charge in [0, 0.05) is 13.1 Å². The van der Waals surface area contributed by atoms with Crippen molar-refractivity contribution in [2.45, 2.75) is 6.92 Å². The van der Waals surface area contributed by atoms with E-state index in [1.807, 2.05) is 0 Å². The van der Waals surface area contributed by atoms with Crippen LogP contribution in [0.2, 0.25) is 0 Å². The van der Waals surface area contributed by atoms with Crippen molar-refractivity contribution >= 4 is 11.7 Å². The fourth-order valence-electron chi connectivity index (χ4n) is 1.95. The second-order valence-corrected chi connectivity index (χ2v) is 4.48. The number of hydrogen-bond donors (Lipinski definition) is 0. The standard InChI is InChI=1S/C14H16FNO4/c1-10(17)12-8-11(15)2-3-13(12)20-9-14(18)16-4-6-19-7-5-16/h2-3,8H,4-7,9H2,1H3. The second-order valence-electron chi connectivity index (χ2n) is 4.48. The van der Waals surface area contributed by atoms with Crippen molar-refractivity contribution in [1.82, 2.24) is 4.90 Å². The van der Waals surface area contributed by atoms with Gasteiger partial charge in [0.05, 0.1) is 18.8 Å². The van der Waals surface area contributed by atoms with Crippen LogP contribution in [0.25, 0.3) is 0 Å². The Balaban J connectivity index is 1.99. The number of carbonyl (C=O) groups excluding carboxylic acids is 2. The third kappa shape index (κ3) is 3.54. The lowest BCUT2D eigenvalue weighted by Crippen LogP contribution is -2.43. The van der Waals surface area contributed by atoms with Crippen molar-refractivity contribution < 1.29 is 23.5 Å². The second kappa shape index (κ2) is 6.47. The van der Waals surface area contributed by atoms with Gasteiger partial charge >= 0.3 is 0 Å². The van der Waals surface area contributed by atoms with E-state index in [9.17, 15) is 14.0 Å². The molecule has 0 unspecified atom stereocenters. The van der Waals surface area contributed by atoms with Crippen molar-refractivity contribution in [3.63, 3.8) is 0 Å². The van der Waals surface area contributed by atoms with Crippen LogP contribution in [0.3, 0.4) is 0 Å². The number of hydrogen-bond acceptors (Lipinski definition) is 4. The number of carbonyl (C=O) groups is 2. The highest BCUT2D eigenvalue weighted by atomic mass is 19.1. The van der Waals surface area contributed by atoms with Gasteiger partial charge in [0.25, 0.3) is 5.91 Å². The van der Waals surface area contributed by atoms with Gasteiger partial charge in [-0.2, -0.15) is 0 Å². The van der Waals surface area contributed by atoms with E-state index < -0.39 is 5.82 Å². The lowest BCUT2D eigenvalue weighted by Gasteiger charge is -2.26. The van der Waals surface area contributed by atoms with Crippen molar-refractivity contribution in [1.29, 1.82) is 0 Å². The predicted octanol–water partition coefficient (Wildman–Crippen LogP) is 1.27. The van der Waals surface area contributed by atoms with Gasteiger partial charge < -0.3 is 14.4 Å². The molecule has 0 radical (unpaired) electrons. The molecule has 0 N–H and O–H groups in total. The van der Waals surface area contributed by atoms with E-state index >= 15 is 0 Å². The molecule has 6 heteroatoms. The highest BCUT2D eigenvalue weighted by Crippen LogP contribution is 2.20. The van der Waals surface area contributed by atoms with Crippen LogP contribution >= 0.6 is 0 Å². The number of benzene rings is 1. The summed E-state index contributed by atoms with van der Waals surface area (Å²) in [6, 6.07) is 3.66. The lowest BCUT2D eigenvalue weighted by atomic mass is 10.1. The highest BCUT2D eigenvalue weighted by Gasteiger charge is 2.18. The normalized spacial score (nSPS) is 15.0. The number of amides is 1. The van der Waals surface area contributed by atoms with Crippen molar-refractivity contribution in [3.05, 3.63) is 29.6 Å². The summed E-state index contributed by atoms with van der Waals surface area (Å²) in [7, 11) is 0. The van der Waals surface area contributed by atoms with Gasteiger partial charge in [-0.1, -0.05) is 0 Å². The summed E-state index contributed by atoms with van der Waals surface area (Å²) in [4.78, 5) is 25.0. The van der Waals surface area contributed by atoms with Gasteiger partial charge in [-0.05, 0) is 25.1 Å². The Hall–Kier alpha value is -1.95. The zero-order valence-corrected chi connectivity index (χ0v) is 11.2. The minimum absolute atomic E-state index is 0.139. The Bertz CT molecular complexity index is 512. The van der Waals surface area contributed by atoms with Crippen LogP contribution < -0.4 is 4.74 Å². The topological polar surface area (TPSA) is 55.8 Å². The molecule has 0 spiro atoms. The number of morpholine rings is 1. The average molecular weight is 281 g/mol. The number of ketones is 1. The number of nitrogens with zero attached hydrogens (tertiary/aromatic N) is 1. The third-order valence-corrected chi connectivity index (χ3v) is 3.04. The largest absolute Gasteiger partial charge is 0.483 e. The Morgan fingerprint density at radius 1 is 1.35 bits per heavy atom. The van der Waals surface area contributed by atoms with Gasteiger partial charge in [0.15, 0.2) is 12.4 Å². The molecule has 1 aromatic carbocycles. The van der Waals surface area contributed by atoms with E-state index in [0.29, 0.717) is 26.3 Å². The summed E-state index contributed by atoms with van der Waals surface area (Å²) in [5, 5.41) is 0. The SMILES string of the molecule is CC(=O)c1cc(F)ccc1OCC(=O)N1CCOCC1. The number of rotatable bonds is 4. The van der Waals surface area contributed by atoms with E-state index in [1.165, 1.54) is 19.1 Å². The average Bonchev–Trinajstić information content (AvgIpc) is 2.46. The van der Waals surface area contributed by atoms with Gasteiger partial charge in [-0.25, -0.2) is 4.39 Å². The first-order valence-corrected chi connectivity index (χ1v) is 6.37. The molecule has 1 aromatic rings. The van der Waals surface area contributed by atoms with Crippen LogP contribution in [0.4, 0.5) is 4.39 Å². The molecular weight excluding hydrogens is 265 g/mol. The van der Waals surface area contributed by atoms with Crippen molar-refractivity contribution in [3.8, 4) is 5.75 Å². The maximum Gasteiger partial charge on any atom is 0.260 e. The molecule has 20 heavy (non-hydrogen) atoms. The van der Waals surface area contributed by atoms with Crippen LogP contribution in [0.1, 0.15) is 17.3 Å². The minimum Gasteiger partial charge on any atom is -0.483 e. The zero-order valence-electron chi connectivity index (χ0n) is 11.2. The molecule has 1 heterocycles. The van der Waals surface area contributed by atoms with Crippen LogP contribution in [0.5, 0.6) is 5.75 Å². The fraction of sp³-hybridized carbons (Fsp3) is 0.429. The van der Waals surface area contributed by atoms with Crippen molar-refractivity contribution in [2.24, 2.45) is 0 Å². The molecule has 0 atom stereocenters. The molecule has 0 aliphatic carbocycles. The first kappa shape index (κ1) is 14.5. The molecule has 5 nitrogen and oxygen atoms in total. The summed E-state index contributed by atoms with van der Waals surface area (Å²) >= 11 is 0. The first-order valence-electron chi connectivity index (χ1n) is 6.37. The van der Waals surface area contributed by atoms with Crippen LogP contribution in [-0.2, 0) is 9.53 Å². The van der Waals surface area contributed by atoms with E-state index in [0.717, 1.165) is 6.07 Å². The monoisotopic (exact) mass is 281 g/mol. The maximum absolute atomic E-state index is 13.1. The summed E-state index contributed by atoms with van der Waals surface area (Å²) in [6.07, 6.45) is 0. The summed E-state index contributed by atoms with van der Waals surface area (Å²) in [5.74, 6) is -0.770. The van der Waals surface area contributed by atoms with Crippen LogP contribution in [-0.4, -0.2) is 49.5 Å². The molecule has 1 fully saturated rings. The lowest BCUT2D eigenvalue weighted by molar-refractivity contribution is -0.137. The van der Waals surface area contributed by atoms with Crippen LogP contribution in [0, 0.1) is 5.82 Å². The van der Waals surface area contributed by atoms with Crippen LogP contribution in [0.15, 0.2) is 18.2 Å². The molecule has 108 valence electrons. The van der Waals surface area contributed by atoms with Gasteiger partial charge in [0.1, 0.15) is 11.6 Å². The Labute approximate surface area is 116 Å². The van der Waals surface area contributed by atoms with E-state index in [1.54, 1.807) is 4.90 Å². The van der Waals surface area contributed by atoms with Gasteiger partial charge in [0.2, 0.25) is 0 Å². The summed E-state index contributed by atoms with van der Waals surface area (Å²) < 4.78 is 23.6. The molecule has 1 amide bonds. The summed E-state index contributed by atoms with van der Waals surface area (Å²) in [5.41, 5.74) is 0.139. The number of halogens is 1. The molecule has 0 aromatic heterocycles. The molecule has 0 saturated carbocycles. The van der Waals surface area contributed by atoms with E-state index in [-0.39, 0.29) is 29.6 Å². The predicted molar refractivity (Wildman–Crippen MR) is 69.3 cm³/mol. The van der Waals surface area contributed by atoms with E-state index in [2.05, 4.69) is 0 Å². The van der Waals surface area contributed by atoms with E-state index in [4.69, 9.17) is 9.47 Å². The quantitative estimate of drug-likeness (QED) is 0.780.